The summed E-state index contributed by atoms with van der Waals surface area (Å²) in [7, 11) is 0. The van der Waals surface area contributed by atoms with Gasteiger partial charge in [-0.2, -0.15) is 0 Å². The van der Waals surface area contributed by atoms with Crippen molar-refractivity contribution in [3.8, 4) is 0 Å². The molecule has 0 aromatic carbocycles. The van der Waals surface area contributed by atoms with Gasteiger partial charge in [0.15, 0.2) is 0 Å². The summed E-state index contributed by atoms with van der Waals surface area (Å²) in [6.07, 6.45) is 3.85. The second-order valence-electron chi connectivity index (χ2n) is 4.72. The van der Waals surface area contributed by atoms with Gasteiger partial charge in [0.2, 0.25) is 0 Å². The maximum Gasteiger partial charge on any atom is 0.138 e. The average Bonchev–Trinajstić information content (AvgIpc) is 2.80. The van der Waals surface area contributed by atoms with E-state index >= 15 is 0 Å². The second-order valence-corrected chi connectivity index (χ2v) is 4.72. The zero-order valence-corrected chi connectivity index (χ0v) is 8.93. The number of fused-ring (bicyclic) bond motifs is 2. The van der Waals surface area contributed by atoms with Crippen molar-refractivity contribution in [3.63, 3.8) is 0 Å². The van der Waals surface area contributed by atoms with Crippen LogP contribution in [0.25, 0.3) is 5.65 Å². The maximum absolute atomic E-state index is 4.29. The number of nitrogens with one attached hydrogen (secondary N) is 2. The number of imidazole rings is 1. The number of nitrogens with zero attached hydrogens (tertiary/aromatic N) is 2. The van der Waals surface area contributed by atoms with Crippen molar-refractivity contribution in [1.29, 1.82) is 0 Å². The molecule has 1 saturated heterocycles. The van der Waals surface area contributed by atoms with Gasteiger partial charge < -0.3 is 10.6 Å². The first-order chi connectivity index (χ1) is 7.93. The molecule has 16 heavy (non-hydrogen) atoms. The minimum Gasteiger partial charge on any atom is -0.368 e. The quantitative estimate of drug-likeness (QED) is 0.782. The number of hydrogen-bond donors (Lipinski definition) is 2. The molecular formula is C12H14N4. The van der Waals surface area contributed by atoms with Gasteiger partial charge in [0.25, 0.3) is 0 Å². The highest BCUT2D eigenvalue weighted by atomic mass is 15.2. The molecule has 4 nitrogen and oxygen atoms in total. The molecule has 1 saturated carbocycles. The molecule has 2 aliphatic rings. The Bertz CT molecular complexity index is 523. The van der Waals surface area contributed by atoms with Gasteiger partial charge >= 0.3 is 0 Å². The summed E-state index contributed by atoms with van der Waals surface area (Å²) >= 11 is 0. The van der Waals surface area contributed by atoms with Crippen LogP contribution in [0, 0.1) is 11.8 Å². The van der Waals surface area contributed by atoms with Gasteiger partial charge in [0.05, 0.1) is 0 Å². The molecule has 0 amide bonds. The van der Waals surface area contributed by atoms with E-state index in [1.54, 1.807) is 0 Å². The lowest BCUT2D eigenvalue weighted by Crippen LogP contribution is -2.22. The third kappa shape index (κ3) is 1.10. The van der Waals surface area contributed by atoms with Gasteiger partial charge in [0, 0.05) is 31.5 Å². The van der Waals surface area contributed by atoms with E-state index in [1.165, 1.54) is 13.1 Å². The summed E-state index contributed by atoms with van der Waals surface area (Å²) in [5.41, 5.74) is 1.01. The van der Waals surface area contributed by atoms with E-state index in [4.69, 9.17) is 0 Å². The van der Waals surface area contributed by atoms with E-state index < -0.39 is 0 Å². The van der Waals surface area contributed by atoms with Crippen molar-refractivity contribution in [3.05, 3.63) is 30.6 Å². The fourth-order valence-corrected chi connectivity index (χ4v) is 2.87. The van der Waals surface area contributed by atoms with Crippen LogP contribution in [0.4, 0.5) is 5.82 Å². The van der Waals surface area contributed by atoms with Crippen molar-refractivity contribution in [2.45, 2.75) is 6.04 Å². The van der Waals surface area contributed by atoms with Crippen LogP contribution < -0.4 is 10.6 Å². The summed E-state index contributed by atoms with van der Waals surface area (Å²) in [6, 6.07) is 6.87. The highest BCUT2D eigenvalue weighted by Gasteiger charge is 2.53. The SMILES string of the molecule is c1cc(NC2C3CNCC32)n2ccnc2c1. The van der Waals surface area contributed by atoms with Gasteiger partial charge in [-0.1, -0.05) is 6.07 Å². The standard InChI is InChI=1S/C12H14N4/c1-2-10-14-4-5-16(10)11(3-1)15-12-8-6-13-7-9(8)12/h1-5,8-9,12-13,15H,6-7H2. The summed E-state index contributed by atoms with van der Waals surface area (Å²) < 4.78 is 2.11. The van der Waals surface area contributed by atoms with Crippen LogP contribution in [-0.2, 0) is 0 Å². The molecule has 1 aliphatic heterocycles. The van der Waals surface area contributed by atoms with Crippen molar-refractivity contribution >= 4 is 11.5 Å². The molecule has 2 atom stereocenters. The highest BCUT2D eigenvalue weighted by molar-refractivity contribution is 5.51. The monoisotopic (exact) mass is 214 g/mol. The maximum atomic E-state index is 4.29. The Morgan fingerprint density at radius 1 is 1.31 bits per heavy atom. The Labute approximate surface area is 93.7 Å². The topological polar surface area (TPSA) is 41.4 Å². The summed E-state index contributed by atoms with van der Waals surface area (Å²) in [5, 5.41) is 7.04. The summed E-state index contributed by atoms with van der Waals surface area (Å²) in [5.74, 6) is 2.83. The number of rotatable bonds is 2. The largest absolute Gasteiger partial charge is 0.368 e. The first-order valence-corrected chi connectivity index (χ1v) is 5.83. The summed E-state index contributed by atoms with van der Waals surface area (Å²) in [4.78, 5) is 4.29. The second kappa shape index (κ2) is 2.98. The molecule has 2 aromatic rings. The molecule has 1 aliphatic carbocycles. The third-order valence-electron chi connectivity index (χ3n) is 3.83. The predicted octanol–water partition coefficient (Wildman–Crippen LogP) is 0.964. The first-order valence-electron chi connectivity index (χ1n) is 5.83. The molecule has 0 radical (unpaired) electrons. The molecule has 0 bridgehead atoms. The summed E-state index contributed by atoms with van der Waals surface area (Å²) in [6.45, 7) is 2.34. The number of hydrogen-bond acceptors (Lipinski definition) is 3. The number of aromatic nitrogens is 2. The Kier molecular flexibility index (Phi) is 1.60. The molecule has 82 valence electrons. The lowest BCUT2D eigenvalue weighted by atomic mass is 10.4. The number of piperidine rings is 1. The Hall–Kier alpha value is -1.55. The number of pyridine rings is 1. The normalized spacial score (nSPS) is 31.6. The van der Waals surface area contributed by atoms with Crippen LogP contribution in [-0.4, -0.2) is 28.5 Å². The van der Waals surface area contributed by atoms with E-state index in [0.29, 0.717) is 6.04 Å². The van der Waals surface area contributed by atoms with Gasteiger partial charge in [0.1, 0.15) is 11.5 Å². The minimum atomic E-state index is 0.661. The van der Waals surface area contributed by atoms with Crippen molar-refractivity contribution in [2.24, 2.45) is 11.8 Å². The fraction of sp³-hybridized carbons (Fsp3) is 0.417. The molecule has 2 unspecified atom stereocenters. The molecular weight excluding hydrogens is 200 g/mol. The van der Waals surface area contributed by atoms with Crippen LogP contribution in [0.3, 0.4) is 0 Å². The molecule has 2 N–H and O–H groups in total. The van der Waals surface area contributed by atoms with E-state index in [-0.39, 0.29) is 0 Å². The zero-order valence-electron chi connectivity index (χ0n) is 8.93. The third-order valence-corrected chi connectivity index (χ3v) is 3.83. The van der Waals surface area contributed by atoms with E-state index in [0.717, 1.165) is 23.3 Å². The smallest absolute Gasteiger partial charge is 0.138 e. The lowest BCUT2D eigenvalue weighted by Gasteiger charge is -2.10. The van der Waals surface area contributed by atoms with Crippen LogP contribution in [0.2, 0.25) is 0 Å². The molecule has 4 rings (SSSR count). The van der Waals surface area contributed by atoms with Crippen molar-refractivity contribution in [2.75, 3.05) is 18.4 Å². The van der Waals surface area contributed by atoms with Gasteiger partial charge in [-0.3, -0.25) is 4.40 Å². The molecule has 0 spiro atoms. The van der Waals surface area contributed by atoms with E-state index in [2.05, 4.69) is 32.2 Å². The molecule has 2 aromatic heterocycles. The van der Waals surface area contributed by atoms with Gasteiger partial charge in [-0.05, 0) is 24.0 Å². The number of anilines is 1. The predicted molar refractivity (Wildman–Crippen MR) is 62.5 cm³/mol. The zero-order chi connectivity index (χ0) is 10.5. The Morgan fingerprint density at radius 3 is 3.06 bits per heavy atom. The van der Waals surface area contributed by atoms with Crippen molar-refractivity contribution < 1.29 is 0 Å². The lowest BCUT2D eigenvalue weighted by molar-refractivity contribution is 0.695. The van der Waals surface area contributed by atoms with Gasteiger partial charge in [-0.25, -0.2) is 4.98 Å². The average molecular weight is 214 g/mol. The first kappa shape index (κ1) is 8.58. The van der Waals surface area contributed by atoms with Gasteiger partial charge in [-0.15, -0.1) is 0 Å². The van der Waals surface area contributed by atoms with Crippen LogP contribution >= 0.6 is 0 Å². The van der Waals surface area contributed by atoms with E-state index in [1.807, 2.05) is 18.5 Å². The fourth-order valence-electron chi connectivity index (χ4n) is 2.87. The highest BCUT2D eigenvalue weighted by Crippen LogP contribution is 2.43. The van der Waals surface area contributed by atoms with Crippen LogP contribution in [0.1, 0.15) is 0 Å². The molecule has 4 heteroatoms. The van der Waals surface area contributed by atoms with Crippen LogP contribution in [0.5, 0.6) is 0 Å². The van der Waals surface area contributed by atoms with Crippen molar-refractivity contribution in [1.82, 2.24) is 14.7 Å². The minimum absolute atomic E-state index is 0.661. The Morgan fingerprint density at radius 2 is 2.19 bits per heavy atom. The molecule has 2 fully saturated rings. The van der Waals surface area contributed by atoms with Crippen LogP contribution in [0.15, 0.2) is 30.6 Å². The molecule has 3 heterocycles. The Balaban J connectivity index is 1.65. The van der Waals surface area contributed by atoms with E-state index in [9.17, 15) is 0 Å².